The molecule has 1 saturated carbocycles. The Morgan fingerprint density at radius 2 is 1.90 bits per heavy atom. The van der Waals surface area contributed by atoms with Gasteiger partial charge in [-0.25, -0.2) is 4.79 Å². The van der Waals surface area contributed by atoms with E-state index >= 15 is 0 Å². The van der Waals surface area contributed by atoms with Crippen molar-refractivity contribution in [1.29, 1.82) is 0 Å². The van der Waals surface area contributed by atoms with Gasteiger partial charge >= 0.3 is 5.97 Å². The topological polar surface area (TPSA) is 90.0 Å². The fraction of sp³-hybridized carbons (Fsp3) is 0.545. The van der Waals surface area contributed by atoms with E-state index in [1.165, 1.54) is 4.90 Å². The number of ketones is 2. The summed E-state index contributed by atoms with van der Waals surface area (Å²) in [4.78, 5) is 51.1. The van der Waals surface area contributed by atoms with Crippen molar-refractivity contribution in [2.75, 3.05) is 6.61 Å². The highest BCUT2D eigenvalue weighted by atomic mass is 79.9. The zero-order chi connectivity index (χ0) is 22.1. The van der Waals surface area contributed by atoms with Crippen LogP contribution in [0.3, 0.4) is 0 Å². The maximum atomic E-state index is 13.1. The Balaban J connectivity index is 1.80. The number of benzene rings is 1. The summed E-state index contributed by atoms with van der Waals surface area (Å²) in [5.41, 5.74) is 0.445. The number of hydrogen-bond acceptors (Lipinski definition) is 6. The monoisotopic (exact) mass is 479 g/mol. The van der Waals surface area contributed by atoms with Crippen molar-refractivity contribution in [2.24, 2.45) is 0 Å². The molecule has 0 N–H and O–H groups in total. The molecule has 8 heteroatoms. The molecule has 1 aromatic rings. The quantitative estimate of drug-likeness (QED) is 0.612. The summed E-state index contributed by atoms with van der Waals surface area (Å²) in [6, 6.07) is 2.77. The lowest BCUT2D eigenvalue weighted by molar-refractivity contribution is -0.157. The third kappa shape index (κ3) is 5.28. The van der Waals surface area contributed by atoms with Gasteiger partial charge < -0.3 is 14.4 Å². The van der Waals surface area contributed by atoms with Crippen LogP contribution in [0.2, 0.25) is 0 Å². The molecule has 1 amide bonds. The van der Waals surface area contributed by atoms with Crippen LogP contribution in [0.4, 0.5) is 0 Å². The summed E-state index contributed by atoms with van der Waals surface area (Å²) in [7, 11) is 0. The van der Waals surface area contributed by atoms with Crippen LogP contribution in [-0.2, 0) is 25.7 Å². The van der Waals surface area contributed by atoms with Crippen LogP contribution in [0.5, 0.6) is 5.75 Å². The van der Waals surface area contributed by atoms with Gasteiger partial charge in [-0.3, -0.25) is 14.4 Å². The molecule has 0 bridgehead atoms. The van der Waals surface area contributed by atoms with Gasteiger partial charge in [-0.2, -0.15) is 0 Å². The summed E-state index contributed by atoms with van der Waals surface area (Å²) in [5, 5.41) is 0. The highest BCUT2D eigenvalue weighted by Crippen LogP contribution is 2.36. The third-order valence-electron chi connectivity index (χ3n) is 5.08. The van der Waals surface area contributed by atoms with Crippen LogP contribution in [-0.4, -0.2) is 46.6 Å². The lowest BCUT2D eigenvalue weighted by Crippen LogP contribution is -2.42. The number of hydrogen-bond donors (Lipinski definition) is 0. The first-order chi connectivity index (χ1) is 14.0. The number of Topliss-reactive ketones (excluding diaryl/α,β-unsaturated/α-hetero) is 2. The zero-order valence-electron chi connectivity index (χ0n) is 17.5. The highest BCUT2D eigenvalue weighted by Gasteiger charge is 2.38. The van der Waals surface area contributed by atoms with Crippen LogP contribution in [0.25, 0.3) is 0 Å². The van der Waals surface area contributed by atoms with Crippen LogP contribution in [0, 0.1) is 0 Å². The van der Waals surface area contributed by atoms with E-state index in [9.17, 15) is 19.2 Å². The van der Waals surface area contributed by atoms with Crippen molar-refractivity contribution in [2.45, 2.75) is 71.1 Å². The zero-order valence-corrected chi connectivity index (χ0v) is 19.0. The summed E-state index contributed by atoms with van der Waals surface area (Å²) >= 11 is 3.38. The van der Waals surface area contributed by atoms with Crippen molar-refractivity contribution >= 4 is 39.4 Å². The second kappa shape index (κ2) is 8.88. The van der Waals surface area contributed by atoms with Crippen LogP contribution in [0.15, 0.2) is 16.6 Å². The molecule has 3 rings (SSSR count). The van der Waals surface area contributed by atoms with Crippen molar-refractivity contribution in [3.63, 3.8) is 0 Å². The van der Waals surface area contributed by atoms with E-state index in [2.05, 4.69) is 15.9 Å². The molecule has 1 aliphatic carbocycles. The van der Waals surface area contributed by atoms with Gasteiger partial charge in [0.1, 0.15) is 17.1 Å². The Morgan fingerprint density at radius 1 is 1.17 bits per heavy atom. The molecule has 0 aromatic heterocycles. The Hall–Kier alpha value is -2.22. The molecule has 7 nitrogen and oxygen atoms in total. The third-order valence-corrected chi connectivity index (χ3v) is 5.54. The molecule has 1 atom stereocenters. The highest BCUT2D eigenvalue weighted by molar-refractivity contribution is 9.10. The normalized spacial score (nSPS) is 19.9. The van der Waals surface area contributed by atoms with Crippen LogP contribution < -0.4 is 4.74 Å². The number of amides is 1. The molecular formula is C22H26BrNO6. The van der Waals surface area contributed by atoms with Gasteiger partial charge in [-0.1, -0.05) is 15.9 Å². The van der Waals surface area contributed by atoms with E-state index in [4.69, 9.17) is 9.47 Å². The van der Waals surface area contributed by atoms with Crippen molar-refractivity contribution in [3.05, 3.63) is 27.7 Å². The van der Waals surface area contributed by atoms with E-state index < -0.39 is 17.6 Å². The minimum absolute atomic E-state index is 0.0149. The van der Waals surface area contributed by atoms with Crippen molar-refractivity contribution < 1.29 is 28.7 Å². The number of nitrogens with zero attached hydrogens (tertiary/aromatic N) is 1. The molecule has 0 saturated heterocycles. The first-order valence-electron chi connectivity index (χ1n) is 10.1. The molecule has 1 heterocycles. The summed E-state index contributed by atoms with van der Waals surface area (Å²) < 4.78 is 11.6. The minimum Gasteiger partial charge on any atom is -0.481 e. The number of carbonyl (C=O) groups excluding carboxylic acids is 4. The lowest BCUT2D eigenvalue weighted by Gasteiger charge is -2.28. The smallest absolute Gasteiger partial charge is 0.344 e. The van der Waals surface area contributed by atoms with Crippen LogP contribution >= 0.6 is 15.9 Å². The van der Waals surface area contributed by atoms with Crippen molar-refractivity contribution in [3.8, 4) is 5.75 Å². The van der Waals surface area contributed by atoms with Gasteiger partial charge in [0.25, 0.3) is 5.91 Å². The van der Waals surface area contributed by atoms with E-state index in [0.29, 0.717) is 53.5 Å². The minimum atomic E-state index is -0.623. The fourth-order valence-corrected chi connectivity index (χ4v) is 4.23. The molecule has 2 aliphatic rings. The molecule has 1 aromatic carbocycles. The average Bonchev–Trinajstić information content (AvgIpc) is 2.94. The fourth-order valence-electron chi connectivity index (χ4n) is 3.79. The van der Waals surface area contributed by atoms with E-state index in [1.807, 2.05) is 0 Å². The van der Waals surface area contributed by atoms with Crippen molar-refractivity contribution in [1.82, 2.24) is 4.90 Å². The number of halogens is 1. The average molecular weight is 480 g/mol. The maximum Gasteiger partial charge on any atom is 0.344 e. The Kier molecular flexibility index (Phi) is 6.65. The first-order valence-corrected chi connectivity index (χ1v) is 10.9. The molecule has 30 heavy (non-hydrogen) atoms. The second-order valence-corrected chi connectivity index (χ2v) is 9.57. The van der Waals surface area contributed by atoms with Gasteiger partial charge in [0.2, 0.25) is 0 Å². The Labute approximate surface area is 184 Å². The number of rotatable bonds is 4. The van der Waals surface area contributed by atoms with Gasteiger partial charge in [-0.05, 0) is 45.7 Å². The predicted molar refractivity (Wildman–Crippen MR) is 112 cm³/mol. The molecule has 1 aliphatic heterocycles. The number of fused-ring (bicyclic) bond motifs is 1. The number of carbonyl (C=O) groups is 4. The molecule has 0 spiro atoms. The van der Waals surface area contributed by atoms with Gasteiger partial charge in [0.05, 0.1) is 12.6 Å². The van der Waals surface area contributed by atoms with E-state index in [-0.39, 0.29) is 30.6 Å². The van der Waals surface area contributed by atoms with Gasteiger partial charge in [0.15, 0.2) is 12.4 Å². The molecule has 0 radical (unpaired) electrons. The standard InChI is InChI=1S/C22H26BrNO6/c1-22(2,3)30-20(27)12-29-19-10-13(23)9-15-16(19)11-24(21(15)28)17-8-7-14(25)5-4-6-18(17)26/h9-10,17H,4-8,11-12H2,1-3H3. The number of esters is 1. The second-order valence-electron chi connectivity index (χ2n) is 8.65. The van der Waals surface area contributed by atoms with Crippen LogP contribution in [0.1, 0.15) is 68.8 Å². The number of ether oxygens (including phenoxy) is 2. The predicted octanol–water partition coefficient (Wildman–Crippen LogP) is 3.60. The lowest BCUT2D eigenvalue weighted by atomic mass is 9.94. The summed E-state index contributed by atoms with van der Waals surface area (Å²) in [6.45, 7) is 5.24. The van der Waals surface area contributed by atoms with E-state index in [1.54, 1.807) is 32.9 Å². The summed E-state index contributed by atoms with van der Waals surface area (Å²) in [5.74, 6) is -0.263. The largest absolute Gasteiger partial charge is 0.481 e. The maximum absolute atomic E-state index is 13.1. The van der Waals surface area contributed by atoms with E-state index in [0.717, 1.165) is 0 Å². The molecule has 1 unspecified atom stereocenters. The SMILES string of the molecule is CC(C)(C)OC(=O)COc1cc(Br)cc2c1CN(C1CCC(=O)CCCC1=O)C2=O. The van der Waals surface area contributed by atoms with Gasteiger partial charge in [-0.15, -0.1) is 0 Å². The Bertz CT molecular complexity index is 888. The first kappa shape index (κ1) is 22.5. The van der Waals surface area contributed by atoms with Gasteiger partial charge in [0, 0.05) is 34.9 Å². The molecule has 1 fully saturated rings. The molecular weight excluding hydrogens is 454 g/mol. The summed E-state index contributed by atoms with van der Waals surface area (Å²) in [6.07, 6.45) is 1.87. The molecule has 162 valence electrons. The Morgan fingerprint density at radius 3 is 2.60 bits per heavy atom.